The van der Waals surface area contributed by atoms with Crippen LogP contribution in [0.4, 0.5) is 0 Å². The number of hydrogen-bond donors (Lipinski definition) is 2. The van der Waals surface area contributed by atoms with Gasteiger partial charge in [0.1, 0.15) is 0 Å². The van der Waals surface area contributed by atoms with Crippen LogP contribution in [0.1, 0.15) is 12.8 Å². The quantitative estimate of drug-likeness (QED) is 0.188. The fraction of sp³-hybridized carbons (Fsp3) is 0.368. The van der Waals surface area contributed by atoms with E-state index in [1.165, 1.54) is 4.90 Å². The van der Waals surface area contributed by atoms with Crippen LogP contribution in [-0.2, 0) is 6.54 Å². The molecule has 0 bridgehead atoms. The van der Waals surface area contributed by atoms with Gasteiger partial charge in [-0.1, -0.05) is 24.3 Å². The van der Waals surface area contributed by atoms with Crippen molar-refractivity contribution in [1.29, 1.82) is 0 Å². The van der Waals surface area contributed by atoms with E-state index < -0.39 is 0 Å². The first-order valence-corrected chi connectivity index (χ1v) is 9.56. The van der Waals surface area contributed by atoms with E-state index >= 15 is 0 Å². The summed E-state index contributed by atoms with van der Waals surface area (Å²) in [6.45, 7) is 2.45. The largest absolute Gasteiger partial charge is 0.356 e. The zero-order valence-electron chi connectivity index (χ0n) is 15.1. The van der Waals surface area contributed by atoms with Gasteiger partial charge >= 0.3 is 0 Å². The zero-order valence-corrected chi connectivity index (χ0v) is 18.2. The van der Waals surface area contributed by atoms with Crippen LogP contribution in [0.25, 0.3) is 0 Å². The van der Waals surface area contributed by atoms with Gasteiger partial charge in [0.2, 0.25) is 5.56 Å². The third-order valence-corrected chi connectivity index (χ3v) is 4.66. The molecular weight excluding hydrogens is 459 g/mol. The number of aliphatic imine (C=N–C) groups is 1. The van der Waals surface area contributed by atoms with Crippen molar-refractivity contribution < 1.29 is 0 Å². The van der Waals surface area contributed by atoms with E-state index in [1.807, 2.05) is 30.1 Å². The monoisotopic (exact) mass is 486 g/mol. The molecule has 0 aliphatic heterocycles. The molecule has 2 rings (SSSR count). The number of nitrogens with zero attached hydrogens (tertiary/aromatic N) is 2. The standard InChI is InChI=1S/C19H26N4OS.HI/c1-20-19(22-13-16-25-17-9-3-2-4-10-17)21-12-6-8-15-23-14-7-5-11-18(23)24;/h2-5,7,9-11,14H,6,8,12-13,15-16H2,1H3,(H2,20,21,22);1H. The van der Waals surface area contributed by atoms with Crippen LogP contribution in [0, 0.1) is 0 Å². The maximum absolute atomic E-state index is 11.6. The summed E-state index contributed by atoms with van der Waals surface area (Å²) in [5, 5.41) is 6.63. The van der Waals surface area contributed by atoms with Crippen molar-refractivity contribution in [3.05, 3.63) is 65.1 Å². The van der Waals surface area contributed by atoms with Crippen LogP contribution in [-0.4, -0.2) is 36.4 Å². The van der Waals surface area contributed by atoms with E-state index in [1.54, 1.807) is 23.7 Å². The number of benzene rings is 1. The van der Waals surface area contributed by atoms with Crippen LogP contribution in [0.5, 0.6) is 0 Å². The van der Waals surface area contributed by atoms with Gasteiger partial charge < -0.3 is 15.2 Å². The molecule has 0 saturated carbocycles. The lowest BCUT2D eigenvalue weighted by Crippen LogP contribution is -2.38. The van der Waals surface area contributed by atoms with Crippen LogP contribution < -0.4 is 16.2 Å². The predicted octanol–water partition coefficient (Wildman–Crippen LogP) is 3.20. The fourth-order valence-electron chi connectivity index (χ4n) is 2.33. The summed E-state index contributed by atoms with van der Waals surface area (Å²) in [6.07, 6.45) is 3.78. The molecule has 0 saturated heterocycles. The topological polar surface area (TPSA) is 58.4 Å². The Hall–Kier alpha value is -1.48. The molecule has 0 radical (unpaired) electrons. The van der Waals surface area contributed by atoms with Gasteiger partial charge in [-0.2, -0.15) is 0 Å². The number of thioether (sulfide) groups is 1. The summed E-state index contributed by atoms with van der Waals surface area (Å²) in [6, 6.07) is 15.6. The van der Waals surface area contributed by atoms with Crippen molar-refractivity contribution in [2.45, 2.75) is 24.3 Å². The molecule has 0 amide bonds. The number of rotatable bonds is 9. The Morgan fingerprint density at radius 2 is 1.77 bits per heavy atom. The third-order valence-electron chi connectivity index (χ3n) is 3.65. The number of aromatic nitrogens is 1. The Labute approximate surface area is 176 Å². The highest BCUT2D eigenvalue weighted by atomic mass is 127. The summed E-state index contributed by atoms with van der Waals surface area (Å²) in [4.78, 5) is 17.1. The van der Waals surface area contributed by atoms with Crippen molar-refractivity contribution in [3.8, 4) is 0 Å². The van der Waals surface area contributed by atoms with Gasteiger partial charge in [0.15, 0.2) is 5.96 Å². The SMILES string of the molecule is CN=C(NCCCCn1ccccc1=O)NCCSc1ccccc1.I. The maximum Gasteiger partial charge on any atom is 0.250 e. The van der Waals surface area contributed by atoms with E-state index in [9.17, 15) is 4.79 Å². The minimum atomic E-state index is 0. The van der Waals surface area contributed by atoms with Crippen LogP contribution in [0.2, 0.25) is 0 Å². The number of nitrogens with one attached hydrogen (secondary N) is 2. The van der Waals surface area contributed by atoms with Crippen molar-refractivity contribution in [2.75, 3.05) is 25.9 Å². The molecule has 142 valence electrons. The van der Waals surface area contributed by atoms with Crippen molar-refractivity contribution in [1.82, 2.24) is 15.2 Å². The molecule has 1 aromatic carbocycles. The molecule has 0 aliphatic rings. The molecule has 5 nitrogen and oxygen atoms in total. The summed E-state index contributed by atoms with van der Waals surface area (Å²) in [5.74, 6) is 1.81. The highest BCUT2D eigenvalue weighted by molar-refractivity contribution is 14.0. The lowest BCUT2D eigenvalue weighted by molar-refractivity contribution is 0.586. The molecule has 26 heavy (non-hydrogen) atoms. The van der Waals surface area contributed by atoms with E-state index in [0.717, 1.165) is 44.2 Å². The number of unbranched alkanes of at least 4 members (excludes halogenated alkanes) is 1. The lowest BCUT2D eigenvalue weighted by atomic mass is 10.3. The van der Waals surface area contributed by atoms with E-state index in [-0.39, 0.29) is 29.5 Å². The molecular formula is C19H27IN4OS. The average Bonchev–Trinajstić information content (AvgIpc) is 2.65. The van der Waals surface area contributed by atoms with Crippen molar-refractivity contribution in [3.63, 3.8) is 0 Å². The highest BCUT2D eigenvalue weighted by Gasteiger charge is 1.98. The maximum atomic E-state index is 11.6. The molecule has 7 heteroatoms. The van der Waals surface area contributed by atoms with Gasteiger partial charge in [-0.15, -0.1) is 35.7 Å². The number of guanidine groups is 1. The Bertz CT molecular complexity index is 706. The summed E-state index contributed by atoms with van der Waals surface area (Å²) in [5.41, 5.74) is 0.0591. The van der Waals surface area contributed by atoms with Gasteiger partial charge in [0, 0.05) is 49.6 Å². The smallest absolute Gasteiger partial charge is 0.250 e. The Balaban J connectivity index is 0.00000338. The van der Waals surface area contributed by atoms with Crippen molar-refractivity contribution in [2.24, 2.45) is 4.99 Å². The lowest BCUT2D eigenvalue weighted by Gasteiger charge is -2.12. The summed E-state index contributed by atoms with van der Waals surface area (Å²) in [7, 11) is 1.78. The molecule has 0 spiro atoms. The van der Waals surface area contributed by atoms with Crippen molar-refractivity contribution >= 4 is 41.7 Å². The molecule has 1 heterocycles. The molecule has 2 N–H and O–H groups in total. The molecule has 0 unspecified atom stereocenters. The second kappa shape index (κ2) is 13.7. The molecule has 0 atom stereocenters. The number of aryl methyl sites for hydroxylation is 1. The van der Waals surface area contributed by atoms with E-state index in [2.05, 4.69) is 39.9 Å². The van der Waals surface area contributed by atoms with Gasteiger partial charge in [-0.25, -0.2) is 0 Å². The Morgan fingerprint density at radius 1 is 1.04 bits per heavy atom. The minimum Gasteiger partial charge on any atom is -0.356 e. The first kappa shape index (κ1) is 22.6. The molecule has 1 aromatic heterocycles. The van der Waals surface area contributed by atoms with Gasteiger partial charge in [-0.3, -0.25) is 9.79 Å². The first-order chi connectivity index (χ1) is 12.3. The highest BCUT2D eigenvalue weighted by Crippen LogP contribution is 2.15. The van der Waals surface area contributed by atoms with Gasteiger partial charge in [0.25, 0.3) is 0 Å². The number of hydrogen-bond acceptors (Lipinski definition) is 3. The average molecular weight is 486 g/mol. The minimum absolute atomic E-state index is 0. The third kappa shape index (κ3) is 8.75. The molecule has 0 aliphatic carbocycles. The Morgan fingerprint density at radius 3 is 2.50 bits per heavy atom. The molecule has 2 aromatic rings. The predicted molar refractivity (Wildman–Crippen MR) is 122 cm³/mol. The van der Waals surface area contributed by atoms with E-state index in [0.29, 0.717) is 0 Å². The number of halogens is 1. The second-order valence-corrected chi connectivity index (χ2v) is 6.69. The van der Waals surface area contributed by atoms with Crippen LogP contribution >= 0.6 is 35.7 Å². The zero-order chi connectivity index (χ0) is 17.7. The summed E-state index contributed by atoms with van der Waals surface area (Å²) >= 11 is 1.83. The first-order valence-electron chi connectivity index (χ1n) is 8.57. The van der Waals surface area contributed by atoms with Gasteiger partial charge in [0.05, 0.1) is 0 Å². The van der Waals surface area contributed by atoms with Crippen LogP contribution in [0.15, 0.2) is 69.4 Å². The number of pyridine rings is 1. The van der Waals surface area contributed by atoms with E-state index in [4.69, 9.17) is 0 Å². The normalized spacial score (nSPS) is 10.9. The van der Waals surface area contributed by atoms with Gasteiger partial charge in [-0.05, 0) is 31.0 Å². The fourth-order valence-corrected chi connectivity index (χ4v) is 3.12. The summed E-state index contributed by atoms with van der Waals surface area (Å²) < 4.78 is 1.74. The Kier molecular flexibility index (Phi) is 11.9. The molecule has 0 fully saturated rings. The van der Waals surface area contributed by atoms with Crippen LogP contribution in [0.3, 0.4) is 0 Å². The second-order valence-electron chi connectivity index (χ2n) is 5.53.